The molecule has 5 nitrogen and oxygen atoms in total. The van der Waals surface area contributed by atoms with Gasteiger partial charge in [-0.2, -0.15) is 0 Å². The molecule has 0 aliphatic carbocycles. The zero-order valence-electron chi connectivity index (χ0n) is 16.1. The fourth-order valence-electron chi connectivity index (χ4n) is 2.99. The van der Waals surface area contributed by atoms with E-state index in [0.29, 0.717) is 10.8 Å². The number of carbonyl (C=O) groups excluding carboxylic acids is 1. The molecule has 0 spiro atoms. The summed E-state index contributed by atoms with van der Waals surface area (Å²) in [5, 5.41) is 8.03. The van der Waals surface area contributed by atoms with Gasteiger partial charge in [-0.25, -0.2) is 9.67 Å². The lowest BCUT2D eigenvalue weighted by molar-refractivity contribution is 0.101. The number of aryl methyl sites for hydroxylation is 2. The summed E-state index contributed by atoms with van der Waals surface area (Å²) in [7, 11) is 0. The van der Waals surface area contributed by atoms with Crippen molar-refractivity contribution in [1.82, 2.24) is 14.8 Å². The summed E-state index contributed by atoms with van der Waals surface area (Å²) in [5.74, 6) is 0.322. The van der Waals surface area contributed by atoms with Crippen LogP contribution in [0.3, 0.4) is 0 Å². The number of carbonyl (C=O) groups is 1. The lowest BCUT2D eigenvalue weighted by Crippen LogP contribution is -2.15. The second kappa shape index (κ2) is 7.89. The Kier molecular flexibility index (Phi) is 5.14. The van der Waals surface area contributed by atoms with Crippen LogP contribution in [0.5, 0.6) is 0 Å². The monoisotopic (exact) mass is 402 g/mol. The number of rotatable bonds is 4. The molecular weight excluding hydrogens is 384 g/mol. The van der Waals surface area contributed by atoms with Crippen LogP contribution in [0.25, 0.3) is 17.1 Å². The van der Waals surface area contributed by atoms with Crippen LogP contribution in [0.4, 0.5) is 5.69 Å². The van der Waals surface area contributed by atoms with Crippen molar-refractivity contribution in [2.24, 2.45) is 0 Å². The van der Waals surface area contributed by atoms with Crippen molar-refractivity contribution in [1.29, 1.82) is 0 Å². The molecule has 6 heteroatoms. The molecular formula is C23H19ClN4O. The first-order valence-electron chi connectivity index (χ1n) is 9.18. The number of amides is 1. The molecule has 0 unspecified atom stereocenters. The van der Waals surface area contributed by atoms with Crippen LogP contribution < -0.4 is 5.32 Å². The van der Waals surface area contributed by atoms with Gasteiger partial charge in [-0.05, 0) is 55.3 Å². The summed E-state index contributed by atoms with van der Waals surface area (Å²) in [6.45, 7) is 3.93. The van der Waals surface area contributed by atoms with Crippen LogP contribution in [0.2, 0.25) is 5.02 Å². The molecule has 29 heavy (non-hydrogen) atoms. The summed E-state index contributed by atoms with van der Waals surface area (Å²) in [6.07, 6.45) is 0. The number of benzene rings is 3. The van der Waals surface area contributed by atoms with Crippen LogP contribution in [-0.4, -0.2) is 20.7 Å². The highest BCUT2D eigenvalue weighted by Crippen LogP contribution is 2.23. The number of aromatic nitrogens is 3. The maximum atomic E-state index is 12.9. The molecule has 1 amide bonds. The van der Waals surface area contributed by atoms with Crippen LogP contribution in [0, 0.1) is 13.8 Å². The molecule has 0 aliphatic rings. The van der Waals surface area contributed by atoms with E-state index >= 15 is 0 Å². The quantitative estimate of drug-likeness (QED) is 0.493. The molecule has 0 saturated heterocycles. The van der Waals surface area contributed by atoms with E-state index in [1.165, 1.54) is 0 Å². The lowest BCUT2D eigenvalue weighted by atomic mass is 10.1. The Bertz CT molecular complexity index is 1170. The zero-order chi connectivity index (χ0) is 20.4. The van der Waals surface area contributed by atoms with Gasteiger partial charge in [0.05, 0.1) is 5.69 Å². The van der Waals surface area contributed by atoms with Gasteiger partial charge in [-0.15, -0.1) is 5.10 Å². The lowest BCUT2D eigenvalue weighted by Gasteiger charge is -2.07. The van der Waals surface area contributed by atoms with E-state index in [1.807, 2.05) is 74.5 Å². The van der Waals surface area contributed by atoms with Gasteiger partial charge in [-0.1, -0.05) is 54.1 Å². The first-order chi connectivity index (χ1) is 14.0. The van der Waals surface area contributed by atoms with Gasteiger partial charge in [-0.3, -0.25) is 4.79 Å². The molecule has 0 atom stereocenters. The normalized spacial score (nSPS) is 10.7. The minimum atomic E-state index is -0.358. The number of nitrogens with one attached hydrogen (secondary N) is 1. The molecule has 0 saturated carbocycles. The van der Waals surface area contributed by atoms with Gasteiger partial charge >= 0.3 is 0 Å². The van der Waals surface area contributed by atoms with Crippen molar-refractivity contribution >= 4 is 23.2 Å². The molecule has 4 rings (SSSR count). The van der Waals surface area contributed by atoms with Crippen LogP contribution in [-0.2, 0) is 0 Å². The van der Waals surface area contributed by atoms with E-state index in [4.69, 9.17) is 11.6 Å². The number of hydrogen-bond acceptors (Lipinski definition) is 3. The van der Waals surface area contributed by atoms with Gasteiger partial charge in [0.1, 0.15) is 0 Å². The molecule has 0 radical (unpaired) electrons. The maximum Gasteiger partial charge on any atom is 0.295 e. The summed E-state index contributed by atoms with van der Waals surface area (Å²) >= 11 is 6.02. The maximum absolute atomic E-state index is 12.9. The fraction of sp³-hybridized carbons (Fsp3) is 0.0870. The summed E-state index contributed by atoms with van der Waals surface area (Å²) in [5.41, 5.74) is 4.42. The van der Waals surface area contributed by atoms with Gasteiger partial charge in [0.25, 0.3) is 5.91 Å². The second-order valence-electron chi connectivity index (χ2n) is 6.79. The average molecular weight is 403 g/mol. The molecule has 0 fully saturated rings. The Morgan fingerprint density at radius 1 is 0.966 bits per heavy atom. The van der Waals surface area contributed by atoms with Crippen LogP contribution >= 0.6 is 11.6 Å². The van der Waals surface area contributed by atoms with Crippen molar-refractivity contribution in [3.63, 3.8) is 0 Å². The summed E-state index contributed by atoms with van der Waals surface area (Å²) in [6, 6.07) is 22.8. The largest absolute Gasteiger partial charge is 0.319 e. The highest BCUT2D eigenvalue weighted by molar-refractivity contribution is 6.30. The minimum absolute atomic E-state index is 0.0970. The van der Waals surface area contributed by atoms with E-state index in [0.717, 1.165) is 28.1 Å². The third-order valence-electron chi connectivity index (χ3n) is 4.55. The molecule has 0 bridgehead atoms. The van der Waals surface area contributed by atoms with Crippen molar-refractivity contribution in [2.75, 3.05) is 5.32 Å². The predicted molar refractivity (Wildman–Crippen MR) is 116 cm³/mol. The number of halogens is 1. The molecule has 144 valence electrons. The highest BCUT2D eigenvalue weighted by atomic mass is 35.5. The van der Waals surface area contributed by atoms with Crippen LogP contribution in [0.1, 0.15) is 21.7 Å². The van der Waals surface area contributed by atoms with Gasteiger partial charge in [0.15, 0.2) is 5.82 Å². The van der Waals surface area contributed by atoms with E-state index in [9.17, 15) is 4.79 Å². The van der Waals surface area contributed by atoms with Crippen molar-refractivity contribution in [2.45, 2.75) is 13.8 Å². The third kappa shape index (κ3) is 4.05. The van der Waals surface area contributed by atoms with Crippen molar-refractivity contribution in [3.05, 3.63) is 94.8 Å². The Labute approximate surface area is 174 Å². The molecule has 3 aromatic carbocycles. The molecule has 4 aromatic rings. The Balaban J connectivity index is 1.75. The topological polar surface area (TPSA) is 59.8 Å². The number of anilines is 1. The Morgan fingerprint density at radius 3 is 2.41 bits per heavy atom. The first-order valence-corrected chi connectivity index (χ1v) is 9.56. The Hall–Kier alpha value is -3.44. The van der Waals surface area contributed by atoms with Crippen LogP contribution in [0.15, 0.2) is 72.8 Å². The zero-order valence-corrected chi connectivity index (χ0v) is 16.8. The van der Waals surface area contributed by atoms with Gasteiger partial charge < -0.3 is 5.32 Å². The van der Waals surface area contributed by atoms with E-state index in [2.05, 4.69) is 15.4 Å². The molecule has 0 aliphatic heterocycles. The molecule has 1 aromatic heterocycles. The van der Waals surface area contributed by atoms with E-state index in [1.54, 1.807) is 16.8 Å². The van der Waals surface area contributed by atoms with E-state index < -0.39 is 0 Å². The van der Waals surface area contributed by atoms with E-state index in [-0.39, 0.29) is 11.7 Å². The Morgan fingerprint density at radius 2 is 1.69 bits per heavy atom. The third-order valence-corrected chi connectivity index (χ3v) is 4.81. The molecule has 1 N–H and O–H groups in total. The minimum Gasteiger partial charge on any atom is -0.319 e. The summed E-state index contributed by atoms with van der Waals surface area (Å²) < 4.78 is 1.66. The standard InChI is InChI=1S/C23H19ClN4O/c1-15-8-9-16(2)20(14-15)25-23(29)21-26-22(17-6-4-3-5-7-17)28(27-21)19-12-10-18(24)11-13-19/h3-14H,1-2H3,(H,25,29). The molecule has 1 heterocycles. The second-order valence-corrected chi connectivity index (χ2v) is 7.22. The van der Waals surface area contributed by atoms with Crippen molar-refractivity contribution < 1.29 is 4.79 Å². The van der Waals surface area contributed by atoms with Gasteiger partial charge in [0.2, 0.25) is 5.82 Å². The highest BCUT2D eigenvalue weighted by Gasteiger charge is 2.19. The first kappa shape index (κ1) is 18.9. The van der Waals surface area contributed by atoms with Crippen molar-refractivity contribution in [3.8, 4) is 17.1 Å². The predicted octanol–water partition coefficient (Wildman–Crippen LogP) is 5.46. The summed E-state index contributed by atoms with van der Waals surface area (Å²) in [4.78, 5) is 17.4. The SMILES string of the molecule is Cc1ccc(C)c(NC(=O)c2nc(-c3ccccc3)n(-c3ccc(Cl)cc3)n2)c1. The number of hydrogen-bond donors (Lipinski definition) is 1. The fourth-order valence-corrected chi connectivity index (χ4v) is 3.12. The smallest absolute Gasteiger partial charge is 0.295 e. The number of nitrogens with zero attached hydrogens (tertiary/aromatic N) is 3. The van der Waals surface area contributed by atoms with Gasteiger partial charge in [0, 0.05) is 16.3 Å². The average Bonchev–Trinajstić information content (AvgIpc) is 3.17.